The van der Waals surface area contributed by atoms with Crippen molar-refractivity contribution in [2.24, 2.45) is 0 Å². The standard InChI is InChI=1S/C51H31N5S/c1-4-16-32(17-5-1)46-47-38-23-10-13-25-40(38)55(35-20-8-3-9-21-35)42(47)31-43-48(46)39-24-11-14-26-41(39)56(43)51-53-49(33-18-6-2-7-19-33)52-50(54-51)34-28-29-37-36-22-12-15-27-44(36)57-45(37)30-34/h1-31H. The van der Waals surface area contributed by atoms with E-state index in [1.165, 1.54) is 36.5 Å². The molecule has 0 unspecified atom stereocenters. The average molecular weight is 746 g/mol. The number of thiophene rings is 1. The normalized spacial score (nSPS) is 11.9. The Balaban J connectivity index is 1.22. The van der Waals surface area contributed by atoms with Crippen LogP contribution in [0, 0.1) is 0 Å². The molecular formula is C51H31N5S. The van der Waals surface area contributed by atoms with Gasteiger partial charge in [0.15, 0.2) is 11.6 Å². The molecule has 0 aliphatic heterocycles. The van der Waals surface area contributed by atoms with E-state index in [9.17, 15) is 0 Å². The van der Waals surface area contributed by atoms with E-state index in [4.69, 9.17) is 15.0 Å². The van der Waals surface area contributed by atoms with E-state index >= 15 is 0 Å². The number of aromatic nitrogens is 5. The molecule has 0 aliphatic carbocycles. The van der Waals surface area contributed by atoms with Crippen LogP contribution in [0.15, 0.2) is 188 Å². The molecule has 0 saturated heterocycles. The third-order valence-electron chi connectivity index (χ3n) is 11.2. The van der Waals surface area contributed by atoms with Gasteiger partial charge in [-0.15, -0.1) is 11.3 Å². The zero-order valence-electron chi connectivity index (χ0n) is 30.5. The van der Waals surface area contributed by atoms with Crippen LogP contribution < -0.4 is 0 Å². The Bertz CT molecular complexity index is 3510. The summed E-state index contributed by atoms with van der Waals surface area (Å²) in [4.78, 5) is 15.9. The van der Waals surface area contributed by atoms with Crippen molar-refractivity contribution in [2.45, 2.75) is 0 Å². The van der Waals surface area contributed by atoms with E-state index in [0.717, 1.165) is 55.2 Å². The molecule has 12 rings (SSSR count). The van der Waals surface area contributed by atoms with Crippen LogP contribution in [-0.2, 0) is 0 Å². The highest BCUT2D eigenvalue weighted by Crippen LogP contribution is 2.47. The third kappa shape index (κ3) is 4.91. The molecule has 0 spiro atoms. The Morgan fingerprint density at radius 2 is 0.877 bits per heavy atom. The maximum Gasteiger partial charge on any atom is 0.238 e. The van der Waals surface area contributed by atoms with Crippen LogP contribution in [0.2, 0.25) is 0 Å². The van der Waals surface area contributed by atoms with Gasteiger partial charge in [0.25, 0.3) is 0 Å². The fourth-order valence-electron chi connectivity index (χ4n) is 8.71. The van der Waals surface area contributed by atoms with E-state index in [0.29, 0.717) is 17.6 Å². The fraction of sp³-hybridized carbons (Fsp3) is 0. The molecule has 0 aliphatic rings. The summed E-state index contributed by atoms with van der Waals surface area (Å²) in [6, 6.07) is 66.7. The SMILES string of the molecule is c1ccc(-c2nc(-c3ccc4c(c3)sc3ccccc34)nc(-n3c4ccccc4c4c(-c5ccccc5)c5c6ccccc6n(-c6ccccc6)c5cc43)n2)cc1. The highest BCUT2D eigenvalue weighted by molar-refractivity contribution is 7.25. The molecule has 12 aromatic rings. The zero-order chi connectivity index (χ0) is 37.5. The van der Waals surface area contributed by atoms with Crippen molar-refractivity contribution in [3.05, 3.63) is 188 Å². The van der Waals surface area contributed by atoms with Gasteiger partial charge in [-0.05, 0) is 48.0 Å². The summed E-state index contributed by atoms with van der Waals surface area (Å²) in [6.07, 6.45) is 0. The Morgan fingerprint density at radius 1 is 0.351 bits per heavy atom. The monoisotopic (exact) mass is 745 g/mol. The average Bonchev–Trinajstić information content (AvgIpc) is 3.93. The number of hydrogen-bond acceptors (Lipinski definition) is 4. The van der Waals surface area contributed by atoms with Gasteiger partial charge in [-0.25, -0.2) is 4.98 Å². The fourth-order valence-corrected chi connectivity index (χ4v) is 9.86. The van der Waals surface area contributed by atoms with Crippen LogP contribution in [0.3, 0.4) is 0 Å². The molecule has 0 saturated carbocycles. The first kappa shape index (κ1) is 31.9. The lowest BCUT2D eigenvalue weighted by Crippen LogP contribution is -2.06. The summed E-state index contributed by atoms with van der Waals surface area (Å²) >= 11 is 1.80. The Labute approximate surface area is 331 Å². The molecule has 5 nitrogen and oxygen atoms in total. The van der Waals surface area contributed by atoms with Crippen molar-refractivity contribution in [1.29, 1.82) is 0 Å². The van der Waals surface area contributed by atoms with Crippen LogP contribution in [0.1, 0.15) is 0 Å². The minimum absolute atomic E-state index is 0.572. The van der Waals surface area contributed by atoms with Gasteiger partial charge in [-0.3, -0.25) is 4.57 Å². The van der Waals surface area contributed by atoms with Crippen LogP contribution >= 0.6 is 11.3 Å². The topological polar surface area (TPSA) is 48.5 Å². The molecule has 6 heteroatoms. The minimum atomic E-state index is 0.572. The first-order valence-corrected chi connectivity index (χ1v) is 19.9. The lowest BCUT2D eigenvalue weighted by molar-refractivity contribution is 0.954. The molecule has 0 amide bonds. The van der Waals surface area contributed by atoms with Crippen molar-refractivity contribution < 1.29 is 0 Å². The first-order valence-electron chi connectivity index (χ1n) is 19.1. The molecular weight excluding hydrogens is 715 g/mol. The van der Waals surface area contributed by atoms with Crippen molar-refractivity contribution in [2.75, 3.05) is 0 Å². The molecule has 4 heterocycles. The van der Waals surface area contributed by atoms with Gasteiger partial charge >= 0.3 is 0 Å². The summed E-state index contributed by atoms with van der Waals surface area (Å²) < 4.78 is 7.12. The summed E-state index contributed by atoms with van der Waals surface area (Å²) in [5.74, 6) is 1.83. The van der Waals surface area contributed by atoms with Gasteiger partial charge < -0.3 is 4.57 Å². The molecule has 57 heavy (non-hydrogen) atoms. The van der Waals surface area contributed by atoms with Crippen LogP contribution in [0.4, 0.5) is 0 Å². The van der Waals surface area contributed by atoms with Gasteiger partial charge in [-0.2, -0.15) is 9.97 Å². The predicted molar refractivity (Wildman–Crippen MR) is 238 cm³/mol. The maximum absolute atomic E-state index is 5.38. The third-order valence-corrected chi connectivity index (χ3v) is 12.3. The van der Waals surface area contributed by atoms with E-state index in [1.807, 2.05) is 18.2 Å². The number of para-hydroxylation sites is 3. The van der Waals surface area contributed by atoms with Crippen molar-refractivity contribution >= 4 is 75.1 Å². The van der Waals surface area contributed by atoms with Gasteiger partial charge in [0.05, 0.1) is 22.1 Å². The molecule has 0 N–H and O–H groups in total. The Hall–Kier alpha value is -7.41. The van der Waals surface area contributed by atoms with Gasteiger partial charge in [0.2, 0.25) is 5.95 Å². The second-order valence-corrected chi connectivity index (χ2v) is 15.5. The lowest BCUT2D eigenvalue weighted by atomic mass is 9.94. The molecule has 266 valence electrons. The lowest BCUT2D eigenvalue weighted by Gasteiger charge is -2.13. The second kappa shape index (κ2) is 12.6. The van der Waals surface area contributed by atoms with Crippen LogP contribution in [-0.4, -0.2) is 24.1 Å². The largest absolute Gasteiger partial charge is 0.309 e. The molecule has 4 aromatic heterocycles. The van der Waals surface area contributed by atoms with Crippen LogP contribution in [0.25, 0.3) is 109 Å². The summed E-state index contributed by atoms with van der Waals surface area (Å²) in [5, 5.41) is 7.23. The summed E-state index contributed by atoms with van der Waals surface area (Å²) in [5.41, 5.74) is 9.67. The predicted octanol–water partition coefficient (Wildman–Crippen LogP) is 13.4. The van der Waals surface area contributed by atoms with Gasteiger partial charge in [0.1, 0.15) is 0 Å². The molecule has 0 bridgehead atoms. The van der Waals surface area contributed by atoms with E-state index in [2.05, 4.69) is 179 Å². The number of hydrogen-bond donors (Lipinski definition) is 0. The molecule has 8 aromatic carbocycles. The number of benzene rings is 8. The van der Waals surface area contributed by atoms with Crippen molar-refractivity contribution in [3.8, 4) is 45.5 Å². The van der Waals surface area contributed by atoms with Crippen LogP contribution in [0.5, 0.6) is 0 Å². The smallest absolute Gasteiger partial charge is 0.238 e. The van der Waals surface area contributed by atoms with Crippen molar-refractivity contribution in [3.63, 3.8) is 0 Å². The Morgan fingerprint density at radius 3 is 1.58 bits per heavy atom. The molecule has 0 radical (unpaired) electrons. The maximum atomic E-state index is 5.38. The van der Waals surface area contributed by atoms with Gasteiger partial charge in [0, 0.05) is 64.1 Å². The second-order valence-electron chi connectivity index (χ2n) is 14.4. The number of nitrogens with zero attached hydrogens (tertiary/aromatic N) is 5. The number of rotatable bonds is 5. The highest BCUT2D eigenvalue weighted by atomic mass is 32.1. The molecule has 0 atom stereocenters. The quantitative estimate of drug-likeness (QED) is 0.176. The van der Waals surface area contributed by atoms with E-state index < -0.39 is 0 Å². The highest BCUT2D eigenvalue weighted by Gasteiger charge is 2.25. The summed E-state index contributed by atoms with van der Waals surface area (Å²) in [6.45, 7) is 0. The Kier molecular flexibility index (Phi) is 7.03. The summed E-state index contributed by atoms with van der Waals surface area (Å²) in [7, 11) is 0. The minimum Gasteiger partial charge on any atom is -0.309 e. The molecule has 0 fully saturated rings. The number of fused-ring (bicyclic) bond motifs is 9. The van der Waals surface area contributed by atoms with Gasteiger partial charge in [-0.1, -0.05) is 146 Å². The van der Waals surface area contributed by atoms with E-state index in [-0.39, 0.29) is 0 Å². The first-order chi connectivity index (χ1) is 28.3. The zero-order valence-corrected chi connectivity index (χ0v) is 31.4. The van der Waals surface area contributed by atoms with Crippen molar-refractivity contribution in [1.82, 2.24) is 24.1 Å². The van der Waals surface area contributed by atoms with E-state index in [1.54, 1.807) is 11.3 Å².